The minimum Gasteiger partial charge on any atom is -0.505 e. The van der Waals surface area contributed by atoms with Crippen LogP contribution in [0.5, 0.6) is 17.2 Å². The van der Waals surface area contributed by atoms with Gasteiger partial charge in [-0.3, -0.25) is 0 Å². The van der Waals surface area contributed by atoms with E-state index in [9.17, 15) is 9.50 Å². The lowest BCUT2D eigenvalue weighted by Gasteiger charge is -2.25. The van der Waals surface area contributed by atoms with E-state index in [0.29, 0.717) is 23.5 Å². The third kappa shape index (κ3) is 2.92. The van der Waals surface area contributed by atoms with Crippen LogP contribution in [0.4, 0.5) is 4.39 Å². The molecule has 0 amide bonds. The van der Waals surface area contributed by atoms with E-state index in [1.807, 2.05) is 0 Å². The SMILES string of the molecule is COc1cc(O)c(F)c(CC2CCCCN2)c1OC. The fraction of sp³-hybridized carbons (Fsp3) is 0.571. The van der Waals surface area contributed by atoms with Crippen LogP contribution < -0.4 is 14.8 Å². The number of benzene rings is 1. The fourth-order valence-corrected chi connectivity index (χ4v) is 2.56. The summed E-state index contributed by atoms with van der Waals surface area (Å²) in [6.45, 7) is 0.949. The monoisotopic (exact) mass is 269 g/mol. The maximum Gasteiger partial charge on any atom is 0.172 e. The van der Waals surface area contributed by atoms with Crippen LogP contribution in [0.1, 0.15) is 24.8 Å². The van der Waals surface area contributed by atoms with E-state index in [1.54, 1.807) is 0 Å². The largest absolute Gasteiger partial charge is 0.505 e. The number of piperidine rings is 1. The molecule has 5 heteroatoms. The highest BCUT2D eigenvalue weighted by Crippen LogP contribution is 2.39. The number of hydrogen-bond acceptors (Lipinski definition) is 4. The lowest BCUT2D eigenvalue weighted by molar-refractivity contribution is 0.332. The number of phenols is 1. The number of halogens is 1. The molecule has 0 saturated carbocycles. The Kier molecular flexibility index (Phi) is 4.47. The van der Waals surface area contributed by atoms with Crippen molar-refractivity contribution >= 4 is 0 Å². The van der Waals surface area contributed by atoms with E-state index in [0.717, 1.165) is 25.8 Å². The molecule has 2 N–H and O–H groups in total. The van der Waals surface area contributed by atoms with Crippen molar-refractivity contribution in [1.29, 1.82) is 0 Å². The van der Waals surface area contributed by atoms with Crippen molar-refractivity contribution in [3.8, 4) is 17.2 Å². The highest BCUT2D eigenvalue weighted by Gasteiger charge is 2.23. The van der Waals surface area contributed by atoms with Crippen molar-refractivity contribution in [2.24, 2.45) is 0 Å². The van der Waals surface area contributed by atoms with Gasteiger partial charge in [-0.2, -0.15) is 0 Å². The third-order valence-corrected chi connectivity index (χ3v) is 3.54. The van der Waals surface area contributed by atoms with Gasteiger partial charge in [0.25, 0.3) is 0 Å². The van der Waals surface area contributed by atoms with Gasteiger partial charge in [0.1, 0.15) is 0 Å². The zero-order valence-corrected chi connectivity index (χ0v) is 11.3. The Balaban J connectivity index is 2.33. The number of methoxy groups -OCH3 is 2. The summed E-state index contributed by atoms with van der Waals surface area (Å²) in [6.07, 6.45) is 3.78. The Hall–Kier alpha value is -1.49. The zero-order chi connectivity index (χ0) is 13.8. The smallest absolute Gasteiger partial charge is 0.172 e. The highest BCUT2D eigenvalue weighted by molar-refractivity contribution is 5.52. The molecule has 1 atom stereocenters. The molecule has 0 bridgehead atoms. The maximum atomic E-state index is 14.1. The molecule has 0 spiro atoms. The van der Waals surface area contributed by atoms with Gasteiger partial charge in [-0.15, -0.1) is 0 Å². The van der Waals surface area contributed by atoms with E-state index < -0.39 is 11.6 Å². The van der Waals surface area contributed by atoms with Gasteiger partial charge in [-0.05, 0) is 25.8 Å². The average Bonchev–Trinajstić information content (AvgIpc) is 2.44. The van der Waals surface area contributed by atoms with Gasteiger partial charge in [0.2, 0.25) is 0 Å². The summed E-state index contributed by atoms with van der Waals surface area (Å²) in [4.78, 5) is 0. The molecule has 1 heterocycles. The molecule has 0 radical (unpaired) electrons. The Labute approximate surface area is 112 Å². The van der Waals surface area contributed by atoms with Crippen LogP contribution in [0.2, 0.25) is 0 Å². The van der Waals surface area contributed by atoms with Gasteiger partial charge < -0.3 is 19.9 Å². The van der Waals surface area contributed by atoms with Crippen molar-refractivity contribution in [1.82, 2.24) is 5.32 Å². The third-order valence-electron chi connectivity index (χ3n) is 3.54. The first-order valence-electron chi connectivity index (χ1n) is 6.53. The van der Waals surface area contributed by atoms with Crippen molar-refractivity contribution in [3.05, 3.63) is 17.4 Å². The van der Waals surface area contributed by atoms with Gasteiger partial charge >= 0.3 is 0 Å². The first-order chi connectivity index (χ1) is 9.17. The summed E-state index contributed by atoms with van der Waals surface area (Å²) in [6, 6.07) is 1.45. The van der Waals surface area contributed by atoms with Gasteiger partial charge in [-0.1, -0.05) is 6.42 Å². The number of hydrogen-bond donors (Lipinski definition) is 2. The molecule has 1 fully saturated rings. The summed E-state index contributed by atoms with van der Waals surface area (Å²) in [7, 11) is 2.95. The summed E-state index contributed by atoms with van der Waals surface area (Å²) in [5.41, 5.74) is 0.374. The number of ether oxygens (including phenoxy) is 2. The van der Waals surface area contributed by atoms with Crippen LogP contribution in [0, 0.1) is 5.82 Å². The van der Waals surface area contributed by atoms with Gasteiger partial charge in [0, 0.05) is 17.7 Å². The molecule has 1 aliphatic heterocycles. The van der Waals surface area contributed by atoms with E-state index in [2.05, 4.69) is 5.32 Å². The number of rotatable bonds is 4. The molecule has 2 rings (SSSR count). The second-order valence-corrected chi connectivity index (χ2v) is 4.77. The summed E-state index contributed by atoms with van der Waals surface area (Å²) in [5.74, 6) is -0.300. The quantitative estimate of drug-likeness (QED) is 0.880. The Morgan fingerprint density at radius 2 is 2.16 bits per heavy atom. The predicted molar refractivity (Wildman–Crippen MR) is 70.5 cm³/mol. The molecule has 1 aliphatic rings. The molecule has 1 unspecified atom stereocenters. The normalized spacial score (nSPS) is 19.2. The fourth-order valence-electron chi connectivity index (χ4n) is 2.56. The van der Waals surface area contributed by atoms with Crippen LogP contribution >= 0.6 is 0 Å². The number of aromatic hydroxyl groups is 1. The van der Waals surface area contributed by atoms with Gasteiger partial charge in [0.05, 0.1) is 14.2 Å². The molecule has 19 heavy (non-hydrogen) atoms. The molecule has 4 nitrogen and oxygen atoms in total. The molecule has 1 saturated heterocycles. The lowest BCUT2D eigenvalue weighted by atomic mass is 9.96. The predicted octanol–water partition coefficient (Wildman–Crippen LogP) is 2.23. The molecule has 0 aromatic heterocycles. The molecule has 1 aromatic carbocycles. The molecule has 1 aromatic rings. The van der Waals surface area contributed by atoms with Crippen molar-refractivity contribution in [2.45, 2.75) is 31.7 Å². The molecule has 106 valence electrons. The second-order valence-electron chi connectivity index (χ2n) is 4.77. The minimum atomic E-state index is -0.620. The van der Waals surface area contributed by atoms with Crippen LogP contribution in [0.15, 0.2) is 6.07 Å². The van der Waals surface area contributed by atoms with E-state index in [4.69, 9.17) is 9.47 Å². The highest BCUT2D eigenvalue weighted by atomic mass is 19.1. The van der Waals surface area contributed by atoms with E-state index in [1.165, 1.54) is 20.3 Å². The topological polar surface area (TPSA) is 50.7 Å². The standard InChI is InChI=1S/C14H20FNO3/c1-18-12-8-11(17)13(15)10(14(12)19-2)7-9-5-3-4-6-16-9/h8-9,16-17H,3-7H2,1-2H3. The molecular weight excluding hydrogens is 249 g/mol. The summed E-state index contributed by atoms with van der Waals surface area (Å²) in [5, 5.41) is 13.0. The van der Waals surface area contributed by atoms with Crippen molar-refractivity contribution in [3.63, 3.8) is 0 Å². The van der Waals surface area contributed by atoms with Gasteiger partial charge in [-0.25, -0.2) is 4.39 Å². The summed E-state index contributed by atoms with van der Waals surface area (Å²) < 4.78 is 24.5. The van der Waals surface area contributed by atoms with Crippen LogP contribution in [0.25, 0.3) is 0 Å². The Morgan fingerprint density at radius 3 is 2.74 bits per heavy atom. The zero-order valence-electron chi connectivity index (χ0n) is 11.3. The van der Waals surface area contributed by atoms with Crippen LogP contribution in [0.3, 0.4) is 0 Å². The maximum absolute atomic E-state index is 14.1. The number of phenolic OH excluding ortho intramolecular Hbond substituents is 1. The molecular formula is C14H20FNO3. The van der Waals surface area contributed by atoms with Crippen molar-refractivity contribution in [2.75, 3.05) is 20.8 Å². The average molecular weight is 269 g/mol. The van der Waals surface area contributed by atoms with Crippen LogP contribution in [-0.4, -0.2) is 31.9 Å². The second kappa shape index (κ2) is 6.10. The number of nitrogens with one attached hydrogen (secondary N) is 1. The van der Waals surface area contributed by atoms with Gasteiger partial charge in [0.15, 0.2) is 23.1 Å². The first kappa shape index (κ1) is 13.9. The minimum absolute atomic E-state index is 0.212. The molecule has 0 aliphatic carbocycles. The Morgan fingerprint density at radius 1 is 1.37 bits per heavy atom. The van der Waals surface area contributed by atoms with E-state index in [-0.39, 0.29) is 6.04 Å². The summed E-state index contributed by atoms with van der Waals surface area (Å²) >= 11 is 0. The Bertz CT molecular complexity index is 445. The van der Waals surface area contributed by atoms with Crippen LogP contribution in [-0.2, 0) is 6.42 Å². The first-order valence-corrected chi connectivity index (χ1v) is 6.53. The van der Waals surface area contributed by atoms with E-state index >= 15 is 0 Å². The van der Waals surface area contributed by atoms with Crippen molar-refractivity contribution < 1.29 is 19.0 Å². The lowest BCUT2D eigenvalue weighted by Crippen LogP contribution is -2.35.